The zero-order valence-corrected chi connectivity index (χ0v) is 19.6. The third-order valence-corrected chi connectivity index (χ3v) is 7.51. The summed E-state index contributed by atoms with van der Waals surface area (Å²) in [6.45, 7) is -0.546. The van der Waals surface area contributed by atoms with Crippen molar-refractivity contribution >= 4 is 15.9 Å². The fraction of sp³-hybridized carbons (Fsp3) is 0.409. The summed E-state index contributed by atoms with van der Waals surface area (Å²) >= 11 is 0. The van der Waals surface area contributed by atoms with Gasteiger partial charge in [0.05, 0.1) is 22.4 Å². The number of sulfonamides is 1. The normalized spacial score (nSPS) is 16.7. The highest BCUT2D eigenvalue weighted by atomic mass is 32.2. The lowest BCUT2D eigenvalue weighted by Crippen LogP contribution is -2.50. The number of halogens is 6. The number of carbonyl (C=O) groups excluding carboxylic acids is 1. The standard InChI is InChI=1S/C22H22F6N2O5S/c1-35-20(32)15-11-17(22(26,27)28)13-18(12-15)36(33,34)30-8-6-29(7-9-30)19(31)10-14-2-4-16(5-3-14)21(23,24)25/h2-5,11-13,20,32H,6-10H2,1H3. The van der Waals surface area contributed by atoms with Crippen molar-refractivity contribution in [2.75, 3.05) is 33.3 Å². The van der Waals surface area contributed by atoms with Crippen LogP contribution in [0.25, 0.3) is 0 Å². The van der Waals surface area contributed by atoms with E-state index in [2.05, 4.69) is 4.74 Å². The molecule has 36 heavy (non-hydrogen) atoms. The van der Waals surface area contributed by atoms with E-state index in [1.807, 2.05) is 0 Å². The van der Waals surface area contributed by atoms with Crippen molar-refractivity contribution in [2.24, 2.45) is 0 Å². The van der Waals surface area contributed by atoms with Gasteiger partial charge in [-0.25, -0.2) is 8.42 Å². The molecule has 7 nitrogen and oxygen atoms in total. The van der Waals surface area contributed by atoms with Gasteiger partial charge in [0, 0.05) is 38.9 Å². The number of methoxy groups -OCH3 is 1. The van der Waals surface area contributed by atoms with Crippen LogP contribution in [-0.4, -0.2) is 61.9 Å². The Morgan fingerprint density at radius 1 is 0.944 bits per heavy atom. The van der Waals surface area contributed by atoms with Crippen LogP contribution < -0.4 is 0 Å². The van der Waals surface area contributed by atoms with Crippen LogP contribution in [-0.2, 0) is 38.3 Å². The molecule has 2 aromatic carbocycles. The average Bonchev–Trinajstić information content (AvgIpc) is 2.82. The fourth-order valence-electron chi connectivity index (χ4n) is 3.64. The molecular weight excluding hydrogens is 518 g/mol. The summed E-state index contributed by atoms with van der Waals surface area (Å²) in [5, 5.41) is 9.79. The zero-order valence-electron chi connectivity index (χ0n) is 18.8. The fourth-order valence-corrected chi connectivity index (χ4v) is 5.14. The van der Waals surface area contributed by atoms with Crippen molar-refractivity contribution in [3.63, 3.8) is 0 Å². The first kappa shape index (κ1) is 27.9. The first-order valence-corrected chi connectivity index (χ1v) is 11.9. The second-order valence-electron chi connectivity index (χ2n) is 8.03. The highest BCUT2D eigenvalue weighted by Gasteiger charge is 2.36. The molecular formula is C22H22F6N2O5S. The summed E-state index contributed by atoms with van der Waals surface area (Å²) in [4.78, 5) is 13.2. The quantitative estimate of drug-likeness (QED) is 0.448. The van der Waals surface area contributed by atoms with Crippen molar-refractivity contribution < 1.29 is 49.4 Å². The number of nitrogens with zero attached hydrogens (tertiary/aromatic N) is 2. The summed E-state index contributed by atoms with van der Waals surface area (Å²) < 4.78 is 110. The van der Waals surface area contributed by atoms with E-state index < -0.39 is 56.2 Å². The van der Waals surface area contributed by atoms with Gasteiger partial charge in [-0.15, -0.1) is 0 Å². The molecule has 1 heterocycles. The Kier molecular flexibility index (Phi) is 8.03. The largest absolute Gasteiger partial charge is 0.416 e. The van der Waals surface area contributed by atoms with Crippen molar-refractivity contribution in [3.8, 4) is 0 Å². The number of hydrogen-bond donors (Lipinski definition) is 1. The van der Waals surface area contributed by atoms with Crippen LogP contribution in [0.2, 0.25) is 0 Å². The highest BCUT2D eigenvalue weighted by molar-refractivity contribution is 7.89. The zero-order chi connectivity index (χ0) is 26.9. The topological polar surface area (TPSA) is 87.2 Å². The van der Waals surface area contributed by atoms with E-state index >= 15 is 0 Å². The van der Waals surface area contributed by atoms with Crippen molar-refractivity contribution in [2.45, 2.75) is 30.0 Å². The van der Waals surface area contributed by atoms with E-state index in [0.29, 0.717) is 17.7 Å². The third kappa shape index (κ3) is 6.35. The van der Waals surface area contributed by atoms with Crippen LogP contribution in [0.3, 0.4) is 0 Å². The molecule has 0 aliphatic carbocycles. The summed E-state index contributed by atoms with van der Waals surface area (Å²) in [5.41, 5.74) is -2.18. The smallest absolute Gasteiger partial charge is 0.364 e. The second-order valence-corrected chi connectivity index (χ2v) is 9.97. The van der Waals surface area contributed by atoms with Gasteiger partial charge in [-0.2, -0.15) is 30.6 Å². The molecule has 1 saturated heterocycles. The van der Waals surface area contributed by atoms with E-state index in [9.17, 15) is 44.7 Å². The maximum absolute atomic E-state index is 13.3. The van der Waals surface area contributed by atoms with Crippen LogP contribution in [0.15, 0.2) is 47.4 Å². The molecule has 198 valence electrons. The van der Waals surface area contributed by atoms with E-state index in [1.54, 1.807) is 0 Å². The Balaban J connectivity index is 1.71. The molecule has 1 unspecified atom stereocenters. The Bertz CT molecular complexity index is 1190. The number of benzene rings is 2. The number of amides is 1. The summed E-state index contributed by atoms with van der Waals surface area (Å²) in [5.74, 6) is -0.434. The van der Waals surface area contributed by atoms with Gasteiger partial charge in [0.2, 0.25) is 15.9 Å². The lowest BCUT2D eigenvalue weighted by Gasteiger charge is -2.34. The minimum Gasteiger partial charge on any atom is -0.364 e. The van der Waals surface area contributed by atoms with E-state index in [1.165, 1.54) is 17.0 Å². The third-order valence-electron chi connectivity index (χ3n) is 5.63. The summed E-state index contributed by atoms with van der Waals surface area (Å²) in [7, 11) is -3.37. The molecule has 1 aliphatic rings. The Morgan fingerprint density at radius 3 is 2.00 bits per heavy atom. The lowest BCUT2D eigenvalue weighted by molar-refractivity contribution is -0.138. The van der Waals surface area contributed by atoms with Crippen LogP contribution in [0.5, 0.6) is 0 Å². The van der Waals surface area contributed by atoms with Crippen LogP contribution in [0, 0.1) is 0 Å². The van der Waals surface area contributed by atoms with Gasteiger partial charge >= 0.3 is 12.4 Å². The molecule has 3 rings (SSSR count). The Labute approximate surface area is 202 Å². The van der Waals surface area contributed by atoms with Gasteiger partial charge in [0.1, 0.15) is 0 Å². The molecule has 1 amide bonds. The van der Waals surface area contributed by atoms with Gasteiger partial charge in [-0.3, -0.25) is 4.79 Å². The van der Waals surface area contributed by atoms with E-state index in [0.717, 1.165) is 29.6 Å². The van der Waals surface area contributed by atoms with Gasteiger partial charge in [-0.05, 0) is 35.9 Å². The molecule has 0 spiro atoms. The van der Waals surface area contributed by atoms with Gasteiger partial charge in [0.15, 0.2) is 6.29 Å². The second kappa shape index (κ2) is 10.4. The van der Waals surface area contributed by atoms with Crippen molar-refractivity contribution in [1.29, 1.82) is 0 Å². The maximum Gasteiger partial charge on any atom is 0.416 e. The minimum atomic E-state index is -4.88. The SMILES string of the molecule is COC(O)c1cc(C(F)(F)F)cc(S(=O)(=O)N2CCN(C(=O)Cc3ccc(C(F)(F)F)cc3)CC2)c1. The van der Waals surface area contributed by atoms with Gasteiger partial charge in [0.25, 0.3) is 0 Å². The summed E-state index contributed by atoms with van der Waals surface area (Å²) in [6, 6.07) is 6.02. The number of aliphatic hydroxyl groups is 1. The predicted molar refractivity (Wildman–Crippen MR) is 114 cm³/mol. The molecule has 0 radical (unpaired) electrons. The molecule has 1 fully saturated rings. The monoisotopic (exact) mass is 540 g/mol. The number of ether oxygens (including phenoxy) is 1. The minimum absolute atomic E-state index is 0.0643. The Hall–Kier alpha value is -2.68. The lowest BCUT2D eigenvalue weighted by atomic mass is 10.1. The first-order valence-electron chi connectivity index (χ1n) is 10.5. The molecule has 2 aromatic rings. The van der Waals surface area contributed by atoms with Gasteiger partial charge < -0.3 is 14.7 Å². The van der Waals surface area contributed by atoms with Crippen LogP contribution in [0.1, 0.15) is 28.5 Å². The summed E-state index contributed by atoms with van der Waals surface area (Å²) in [6.07, 6.45) is -11.4. The first-order chi connectivity index (χ1) is 16.6. The number of piperazine rings is 1. The molecule has 1 N–H and O–H groups in total. The Morgan fingerprint density at radius 2 is 1.50 bits per heavy atom. The van der Waals surface area contributed by atoms with Crippen molar-refractivity contribution in [1.82, 2.24) is 9.21 Å². The van der Waals surface area contributed by atoms with E-state index in [4.69, 9.17) is 0 Å². The predicted octanol–water partition coefficient (Wildman–Crippen LogP) is 3.44. The number of alkyl halides is 6. The number of carbonyl (C=O) groups is 1. The molecule has 0 aromatic heterocycles. The number of aliphatic hydroxyl groups excluding tert-OH is 1. The average molecular weight is 540 g/mol. The van der Waals surface area contributed by atoms with Crippen molar-refractivity contribution in [3.05, 3.63) is 64.7 Å². The van der Waals surface area contributed by atoms with E-state index in [-0.39, 0.29) is 32.6 Å². The molecule has 1 aliphatic heterocycles. The number of rotatable bonds is 6. The maximum atomic E-state index is 13.3. The molecule has 1 atom stereocenters. The van der Waals surface area contributed by atoms with Crippen LogP contribution >= 0.6 is 0 Å². The molecule has 0 saturated carbocycles. The highest BCUT2D eigenvalue weighted by Crippen LogP contribution is 2.34. The molecule has 0 bridgehead atoms. The molecule has 14 heteroatoms. The number of hydrogen-bond acceptors (Lipinski definition) is 5. The van der Waals surface area contributed by atoms with Crippen LogP contribution in [0.4, 0.5) is 26.3 Å². The van der Waals surface area contributed by atoms with Gasteiger partial charge in [-0.1, -0.05) is 12.1 Å².